The molecular formula is C14H17FN2OS. The maximum absolute atomic E-state index is 12.8. The van der Waals surface area contributed by atoms with Gasteiger partial charge >= 0.3 is 0 Å². The lowest BCUT2D eigenvalue weighted by atomic mass is 10.1. The van der Waals surface area contributed by atoms with Gasteiger partial charge in [0, 0.05) is 17.6 Å². The quantitative estimate of drug-likeness (QED) is 0.885. The van der Waals surface area contributed by atoms with E-state index in [0.29, 0.717) is 12.1 Å². The Kier molecular flexibility index (Phi) is 4.63. The molecule has 1 aromatic heterocycles. The summed E-state index contributed by atoms with van der Waals surface area (Å²) in [5.74, 6) is -0.296. The summed E-state index contributed by atoms with van der Waals surface area (Å²) >= 11 is 1.64. The lowest BCUT2D eigenvalue weighted by Crippen LogP contribution is -2.24. The van der Waals surface area contributed by atoms with Crippen LogP contribution in [0.15, 0.2) is 30.5 Å². The molecule has 0 amide bonds. The Hall–Kier alpha value is -1.30. The van der Waals surface area contributed by atoms with Gasteiger partial charge in [0.25, 0.3) is 0 Å². The topological polar surface area (TPSA) is 45.2 Å². The molecule has 2 rings (SSSR count). The molecule has 2 atom stereocenters. The molecule has 1 aromatic carbocycles. The molecule has 0 aliphatic carbocycles. The summed E-state index contributed by atoms with van der Waals surface area (Å²) in [4.78, 5) is 5.47. The van der Waals surface area contributed by atoms with Gasteiger partial charge in [-0.2, -0.15) is 0 Å². The molecule has 0 aliphatic rings. The fraction of sp³-hybridized carbons (Fsp3) is 0.357. The van der Waals surface area contributed by atoms with Crippen LogP contribution in [-0.4, -0.2) is 16.6 Å². The van der Waals surface area contributed by atoms with Crippen LogP contribution in [-0.2, 0) is 0 Å². The zero-order chi connectivity index (χ0) is 13.8. The largest absolute Gasteiger partial charge is 0.387 e. The second kappa shape index (κ2) is 6.23. The van der Waals surface area contributed by atoms with E-state index in [1.807, 2.05) is 20.0 Å². The minimum Gasteiger partial charge on any atom is -0.387 e. The summed E-state index contributed by atoms with van der Waals surface area (Å²) in [6.45, 7) is 4.43. The van der Waals surface area contributed by atoms with Crippen LogP contribution in [0.2, 0.25) is 0 Å². The molecule has 0 saturated heterocycles. The molecule has 0 spiro atoms. The number of halogens is 1. The summed E-state index contributed by atoms with van der Waals surface area (Å²) < 4.78 is 12.8. The van der Waals surface area contributed by atoms with E-state index in [-0.39, 0.29) is 11.9 Å². The van der Waals surface area contributed by atoms with Gasteiger partial charge in [0.1, 0.15) is 10.8 Å². The number of hydrogen-bond acceptors (Lipinski definition) is 4. The van der Waals surface area contributed by atoms with Crippen molar-refractivity contribution in [2.75, 3.05) is 6.54 Å². The number of aliphatic hydroxyl groups is 1. The Morgan fingerprint density at radius 1 is 1.37 bits per heavy atom. The van der Waals surface area contributed by atoms with Gasteiger partial charge in [-0.05, 0) is 31.5 Å². The standard InChI is InChI=1S/C14H17FN2OS/c1-9-7-17-14(19-9)10(2)16-8-13(18)11-3-5-12(15)6-4-11/h3-7,10,13,16,18H,8H2,1-2H3/t10-,13+/m1/s1. The fourth-order valence-electron chi connectivity index (χ4n) is 1.75. The molecule has 19 heavy (non-hydrogen) atoms. The lowest BCUT2D eigenvalue weighted by Gasteiger charge is -2.15. The minimum absolute atomic E-state index is 0.0915. The van der Waals surface area contributed by atoms with Crippen molar-refractivity contribution >= 4 is 11.3 Å². The van der Waals surface area contributed by atoms with Crippen molar-refractivity contribution in [1.82, 2.24) is 10.3 Å². The highest BCUT2D eigenvalue weighted by molar-refractivity contribution is 7.11. The minimum atomic E-state index is -0.649. The Morgan fingerprint density at radius 3 is 2.63 bits per heavy atom. The van der Waals surface area contributed by atoms with E-state index in [1.54, 1.807) is 23.5 Å². The molecule has 0 fully saturated rings. The smallest absolute Gasteiger partial charge is 0.123 e. The average Bonchev–Trinajstić information content (AvgIpc) is 2.83. The molecule has 0 saturated carbocycles. The van der Waals surface area contributed by atoms with Crippen molar-refractivity contribution in [3.63, 3.8) is 0 Å². The van der Waals surface area contributed by atoms with Gasteiger partial charge in [0.15, 0.2) is 0 Å². The molecule has 2 aromatic rings. The van der Waals surface area contributed by atoms with Crippen LogP contribution in [0.3, 0.4) is 0 Å². The number of thiazole rings is 1. The Balaban J connectivity index is 1.89. The van der Waals surface area contributed by atoms with Crippen LogP contribution in [0.4, 0.5) is 4.39 Å². The molecule has 0 aliphatic heterocycles. The van der Waals surface area contributed by atoms with Gasteiger partial charge in [-0.1, -0.05) is 12.1 Å². The molecule has 2 N–H and O–H groups in total. The number of aromatic nitrogens is 1. The van der Waals surface area contributed by atoms with E-state index >= 15 is 0 Å². The predicted octanol–water partition coefficient (Wildman–Crippen LogP) is 2.97. The monoisotopic (exact) mass is 280 g/mol. The molecule has 3 nitrogen and oxygen atoms in total. The van der Waals surface area contributed by atoms with Crippen LogP contribution < -0.4 is 5.32 Å². The first-order chi connectivity index (χ1) is 9.06. The first kappa shape index (κ1) is 14.1. The fourth-order valence-corrected chi connectivity index (χ4v) is 2.55. The molecule has 1 heterocycles. The number of aliphatic hydroxyl groups excluding tert-OH is 1. The van der Waals surface area contributed by atoms with Gasteiger partial charge in [-0.15, -0.1) is 11.3 Å². The maximum atomic E-state index is 12.8. The number of benzene rings is 1. The van der Waals surface area contributed by atoms with E-state index in [2.05, 4.69) is 10.3 Å². The molecular weight excluding hydrogens is 263 g/mol. The molecule has 102 valence electrons. The second-order valence-corrected chi connectivity index (χ2v) is 5.77. The summed E-state index contributed by atoms with van der Waals surface area (Å²) in [5.41, 5.74) is 0.705. The zero-order valence-corrected chi connectivity index (χ0v) is 11.7. The SMILES string of the molecule is Cc1cnc([C@@H](C)NC[C@H](O)c2ccc(F)cc2)s1. The third-order valence-electron chi connectivity index (χ3n) is 2.88. The van der Waals surface area contributed by atoms with E-state index in [4.69, 9.17) is 0 Å². The highest BCUT2D eigenvalue weighted by atomic mass is 32.1. The van der Waals surface area contributed by atoms with Crippen LogP contribution in [0.25, 0.3) is 0 Å². The van der Waals surface area contributed by atoms with Gasteiger partial charge in [-0.3, -0.25) is 0 Å². The summed E-state index contributed by atoms with van der Waals surface area (Å²) in [6.07, 6.45) is 1.19. The van der Waals surface area contributed by atoms with E-state index in [1.165, 1.54) is 17.0 Å². The Labute approximate surface area is 116 Å². The Bertz CT molecular complexity index is 526. The van der Waals surface area contributed by atoms with Crippen molar-refractivity contribution in [3.8, 4) is 0 Å². The van der Waals surface area contributed by atoms with Crippen LogP contribution in [0, 0.1) is 12.7 Å². The summed E-state index contributed by atoms with van der Waals surface area (Å²) in [5, 5.41) is 14.2. The highest BCUT2D eigenvalue weighted by Gasteiger charge is 2.12. The zero-order valence-electron chi connectivity index (χ0n) is 10.9. The first-order valence-corrected chi connectivity index (χ1v) is 6.97. The van der Waals surface area contributed by atoms with Crippen molar-refractivity contribution in [2.24, 2.45) is 0 Å². The summed E-state index contributed by atoms with van der Waals surface area (Å²) in [6, 6.07) is 5.99. The van der Waals surface area contributed by atoms with Crippen molar-refractivity contribution in [1.29, 1.82) is 0 Å². The van der Waals surface area contributed by atoms with E-state index < -0.39 is 6.10 Å². The van der Waals surface area contributed by atoms with Crippen molar-refractivity contribution < 1.29 is 9.50 Å². The maximum Gasteiger partial charge on any atom is 0.123 e. The third-order valence-corrected chi connectivity index (χ3v) is 3.98. The number of aryl methyl sites for hydroxylation is 1. The average molecular weight is 280 g/mol. The highest BCUT2D eigenvalue weighted by Crippen LogP contribution is 2.20. The van der Waals surface area contributed by atoms with Crippen LogP contribution in [0.5, 0.6) is 0 Å². The molecule has 5 heteroatoms. The lowest BCUT2D eigenvalue weighted by molar-refractivity contribution is 0.170. The second-order valence-electron chi connectivity index (χ2n) is 4.51. The van der Waals surface area contributed by atoms with Crippen molar-refractivity contribution in [3.05, 3.63) is 51.7 Å². The molecule has 0 radical (unpaired) electrons. The Morgan fingerprint density at radius 2 is 2.05 bits per heavy atom. The number of nitrogens with zero attached hydrogens (tertiary/aromatic N) is 1. The van der Waals surface area contributed by atoms with E-state index in [0.717, 1.165) is 5.01 Å². The normalized spacial score (nSPS) is 14.3. The molecule has 0 unspecified atom stereocenters. The summed E-state index contributed by atoms with van der Waals surface area (Å²) in [7, 11) is 0. The first-order valence-electron chi connectivity index (χ1n) is 6.15. The molecule has 0 bridgehead atoms. The number of hydrogen-bond donors (Lipinski definition) is 2. The van der Waals surface area contributed by atoms with Crippen molar-refractivity contribution in [2.45, 2.75) is 26.0 Å². The van der Waals surface area contributed by atoms with Crippen LogP contribution in [0.1, 0.15) is 34.5 Å². The third kappa shape index (κ3) is 3.83. The number of nitrogens with one attached hydrogen (secondary N) is 1. The number of rotatable bonds is 5. The van der Waals surface area contributed by atoms with E-state index in [9.17, 15) is 9.50 Å². The van der Waals surface area contributed by atoms with Gasteiger partial charge in [-0.25, -0.2) is 9.37 Å². The van der Waals surface area contributed by atoms with Gasteiger partial charge < -0.3 is 10.4 Å². The van der Waals surface area contributed by atoms with Gasteiger partial charge in [0.05, 0.1) is 12.1 Å². The predicted molar refractivity (Wildman–Crippen MR) is 74.6 cm³/mol. The van der Waals surface area contributed by atoms with Gasteiger partial charge in [0.2, 0.25) is 0 Å². The van der Waals surface area contributed by atoms with Crippen LogP contribution >= 0.6 is 11.3 Å².